The molecule has 3 aliphatic rings. The molecular weight excluding hydrogens is 685 g/mol. The molecule has 3 aliphatic carbocycles. The summed E-state index contributed by atoms with van der Waals surface area (Å²) in [5.74, 6) is 0. The van der Waals surface area contributed by atoms with Crippen molar-refractivity contribution in [3.63, 3.8) is 0 Å². The van der Waals surface area contributed by atoms with Crippen LogP contribution in [0.15, 0.2) is 186 Å². The summed E-state index contributed by atoms with van der Waals surface area (Å²) < 4.78 is 2.44. The van der Waals surface area contributed by atoms with E-state index in [1.54, 1.807) is 0 Å². The fourth-order valence-corrected chi connectivity index (χ4v) is 13.6. The van der Waals surface area contributed by atoms with Crippen molar-refractivity contribution < 1.29 is 0 Å². The van der Waals surface area contributed by atoms with Gasteiger partial charge >= 0.3 is 0 Å². The molecule has 5 heteroatoms. The molecule has 264 valence electrons. The molecule has 1 aromatic heterocycles. The van der Waals surface area contributed by atoms with E-state index < -0.39 is 8.07 Å². The normalized spacial score (nSPS) is 15.2. The number of rotatable bonds is 8. The standard InChI is InChI=1S/C50H40N4Si/c51-35-37-20-24-40(25-21-37)53(41-26-22-38(36-52)23-27-41)42-28-30-45(31-29-42)55(43-14-6-2-7-15-43,44-16-8-3-9-17-44)46-32-33-50-48(34-46)47-18-10-11-19-49(47)54(50)39-12-4-1-5-13-39/h1-9,11-17,19-20,22,24,26,28-34H,10,18,21,23,25,27H2. The zero-order valence-corrected chi connectivity index (χ0v) is 31.7. The highest BCUT2D eigenvalue weighted by Crippen LogP contribution is 2.36. The number of benzene rings is 5. The number of anilines is 1. The highest BCUT2D eigenvalue weighted by Gasteiger charge is 2.42. The first-order chi connectivity index (χ1) is 27.2. The number of allylic oxidation sites excluding steroid dienone is 9. The van der Waals surface area contributed by atoms with Crippen LogP contribution < -0.4 is 25.6 Å². The number of hydrogen-bond acceptors (Lipinski definition) is 3. The van der Waals surface area contributed by atoms with Gasteiger partial charge in [0.1, 0.15) is 0 Å². The Morgan fingerprint density at radius 3 is 1.64 bits per heavy atom. The topological polar surface area (TPSA) is 55.8 Å². The van der Waals surface area contributed by atoms with Gasteiger partial charge in [0.15, 0.2) is 8.07 Å². The first kappa shape index (κ1) is 34.1. The zero-order chi connectivity index (χ0) is 37.2. The zero-order valence-electron chi connectivity index (χ0n) is 30.7. The first-order valence-corrected chi connectivity index (χ1v) is 21.2. The van der Waals surface area contributed by atoms with Crippen LogP contribution in [0.1, 0.15) is 43.4 Å². The Morgan fingerprint density at radius 2 is 1.09 bits per heavy atom. The molecular formula is C50H40N4Si. The Labute approximate surface area is 324 Å². The highest BCUT2D eigenvalue weighted by atomic mass is 28.3. The van der Waals surface area contributed by atoms with Crippen molar-refractivity contribution in [1.82, 2.24) is 4.57 Å². The van der Waals surface area contributed by atoms with Gasteiger partial charge in [0.25, 0.3) is 0 Å². The van der Waals surface area contributed by atoms with E-state index in [2.05, 4.69) is 179 Å². The second-order valence-electron chi connectivity index (χ2n) is 14.5. The van der Waals surface area contributed by atoms with E-state index in [-0.39, 0.29) is 0 Å². The third-order valence-electron chi connectivity index (χ3n) is 11.5. The van der Waals surface area contributed by atoms with Gasteiger partial charge in [0, 0.05) is 45.0 Å². The number of hydrogen-bond donors (Lipinski definition) is 0. The summed E-state index contributed by atoms with van der Waals surface area (Å²) in [6.07, 6.45) is 17.8. The molecule has 1 heterocycles. The van der Waals surface area contributed by atoms with E-state index >= 15 is 0 Å². The van der Waals surface area contributed by atoms with E-state index in [1.807, 2.05) is 12.2 Å². The summed E-state index contributed by atoms with van der Waals surface area (Å²) in [4.78, 5) is 2.35. The Morgan fingerprint density at radius 1 is 0.545 bits per heavy atom. The van der Waals surface area contributed by atoms with Crippen LogP contribution in [-0.2, 0) is 6.42 Å². The van der Waals surface area contributed by atoms with E-state index in [1.165, 1.54) is 48.6 Å². The molecule has 0 radical (unpaired) electrons. The lowest BCUT2D eigenvalue weighted by Crippen LogP contribution is -2.74. The van der Waals surface area contributed by atoms with Crippen LogP contribution in [0, 0.1) is 22.7 Å². The SMILES string of the molecule is N#CC1=CC=C(N(C2=CC=C(C#N)CC2)c2ccc([Si](c3ccccc3)(c3ccccc3)c3ccc4c(c3)c3c(n4-c4ccccc4)C=CCC3)cc2)CC1. The maximum absolute atomic E-state index is 9.59. The Kier molecular flexibility index (Phi) is 9.08. The second kappa shape index (κ2) is 14.6. The van der Waals surface area contributed by atoms with Gasteiger partial charge < -0.3 is 9.47 Å². The molecule has 0 bridgehead atoms. The minimum Gasteiger partial charge on any atom is -0.318 e. The summed E-state index contributed by atoms with van der Waals surface area (Å²) in [6.45, 7) is 0. The lowest BCUT2D eigenvalue weighted by molar-refractivity contribution is 0.820. The van der Waals surface area contributed by atoms with Gasteiger partial charge in [-0.1, -0.05) is 109 Å². The summed E-state index contributed by atoms with van der Waals surface area (Å²) in [7, 11) is -2.86. The summed E-state index contributed by atoms with van der Waals surface area (Å²) in [6, 6.07) is 54.3. The maximum Gasteiger partial charge on any atom is 0.179 e. The Bertz CT molecular complexity index is 2560. The van der Waals surface area contributed by atoms with E-state index in [0.29, 0.717) is 0 Å². The largest absolute Gasteiger partial charge is 0.318 e. The number of nitrogens with zero attached hydrogens (tertiary/aromatic N) is 4. The lowest BCUT2D eigenvalue weighted by Gasteiger charge is -2.36. The molecule has 0 N–H and O–H groups in total. The smallest absolute Gasteiger partial charge is 0.179 e. The number of para-hydroxylation sites is 1. The Balaban J connectivity index is 1.26. The minimum absolute atomic E-state index is 0.718. The molecule has 9 rings (SSSR count). The fourth-order valence-electron chi connectivity index (χ4n) is 8.89. The van der Waals surface area contributed by atoms with Gasteiger partial charge in [-0.05, 0) is 126 Å². The molecule has 0 fully saturated rings. The van der Waals surface area contributed by atoms with Crippen molar-refractivity contribution in [2.45, 2.75) is 38.5 Å². The van der Waals surface area contributed by atoms with Crippen LogP contribution in [0.2, 0.25) is 0 Å². The van der Waals surface area contributed by atoms with Gasteiger partial charge in [-0.25, -0.2) is 0 Å². The molecule has 0 spiro atoms. The van der Waals surface area contributed by atoms with Crippen LogP contribution in [0.25, 0.3) is 22.7 Å². The van der Waals surface area contributed by atoms with Crippen LogP contribution in [-0.4, -0.2) is 12.6 Å². The molecule has 6 aromatic rings. The van der Waals surface area contributed by atoms with Crippen LogP contribution in [0.3, 0.4) is 0 Å². The predicted octanol–water partition coefficient (Wildman–Crippen LogP) is 9.03. The molecule has 5 aromatic carbocycles. The summed E-state index contributed by atoms with van der Waals surface area (Å²) in [5, 5.41) is 25.9. The fraction of sp³-hybridized carbons (Fsp3) is 0.120. The van der Waals surface area contributed by atoms with Crippen molar-refractivity contribution in [3.05, 3.63) is 198 Å². The molecule has 55 heavy (non-hydrogen) atoms. The van der Waals surface area contributed by atoms with Crippen molar-refractivity contribution in [3.8, 4) is 17.8 Å². The number of fused-ring (bicyclic) bond motifs is 3. The monoisotopic (exact) mass is 724 g/mol. The second-order valence-corrected chi connectivity index (χ2v) is 18.3. The predicted molar refractivity (Wildman–Crippen MR) is 229 cm³/mol. The molecule has 0 saturated heterocycles. The van der Waals surface area contributed by atoms with Crippen molar-refractivity contribution >= 4 is 51.5 Å². The average Bonchev–Trinajstić information content (AvgIpc) is 3.60. The molecule has 0 amide bonds. The average molecular weight is 725 g/mol. The van der Waals surface area contributed by atoms with E-state index in [4.69, 9.17) is 0 Å². The lowest BCUT2D eigenvalue weighted by atomic mass is 9.98. The Hall–Kier alpha value is -6.66. The van der Waals surface area contributed by atoms with Gasteiger partial charge in [0.05, 0.1) is 17.7 Å². The third kappa shape index (κ3) is 6.00. The number of aromatic nitrogens is 1. The van der Waals surface area contributed by atoms with Gasteiger partial charge in [-0.15, -0.1) is 0 Å². The van der Waals surface area contributed by atoms with Crippen LogP contribution in [0.5, 0.6) is 0 Å². The molecule has 0 unspecified atom stereocenters. The van der Waals surface area contributed by atoms with E-state index in [9.17, 15) is 10.5 Å². The third-order valence-corrected chi connectivity index (χ3v) is 16.3. The number of aryl methyl sites for hydroxylation is 1. The van der Waals surface area contributed by atoms with Gasteiger partial charge in [0.2, 0.25) is 0 Å². The van der Waals surface area contributed by atoms with Crippen LogP contribution in [0.4, 0.5) is 5.69 Å². The molecule has 0 aliphatic heterocycles. The van der Waals surface area contributed by atoms with E-state index in [0.717, 1.165) is 66.8 Å². The summed E-state index contributed by atoms with van der Waals surface area (Å²) >= 11 is 0. The highest BCUT2D eigenvalue weighted by molar-refractivity contribution is 7.20. The van der Waals surface area contributed by atoms with Crippen molar-refractivity contribution in [2.75, 3.05) is 4.90 Å². The van der Waals surface area contributed by atoms with Gasteiger partial charge in [-0.3, -0.25) is 0 Å². The first-order valence-electron chi connectivity index (χ1n) is 19.2. The summed E-state index contributed by atoms with van der Waals surface area (Å²) in [5.41, 5.74) is 10.1. The van der Waals surface area contributed by atoms with Gasteiger partial charge in [-0.2, -0.15) is 10.5 Å². The maximum atomic E-state index is 9.59. The minimum atomic E-state index is -2.86. The van der Waals surface area contributed by atoms with Crippen molar-refractivity contribution in [1.29, 1.82) is 10.5 Å². The quantitative estimate of drug-likeness (QED) is 0.116. The van der Waals surface area contributed by atoms with Crippen LogP contribution >= 0.6 is 0 Å². The van der Waals surface area contributed by atoms with Crippen molar-refractivity contribution in [2.24, 2.45) is 0 Å². The molecule has 0 atom stereocenters. The number of nitriles is 2. The molecule has 0 saturated carbocycles. The molecule has 4 nitrogen and oxygen atoms in total.